The second kappa shape index (κ2) is 11.2. The molecule has 3 aromatic rings. The maximum Gasteiger partial charge on any atom is 0.410 e. The predicted octanol–water partition coefficient (Wildman–Crippen LogP) is 4.11. The van der Waals surface area contributed by atoms with Crippen molar-refractivity contribution in [2.24, 2.45) is 5.92 Å². The molecule has 0 spiro atoms. The van der Waals surface area contributed by atoms with Crippen molar-refractivity contribution in [3.8, 4) is 5.75 Å². The average molecular weight is 556 g/mol. The minimum absolute atomic E-state index is 0.0430. The molecule has 2 atom stereocenters. The third-order valence-electron chi connectivity index (χ3n) is 6.35. The number of aromatic nitrogens is 1. The molecule has 2 unspecified atom stereocenters. The Morgan fingerprint density at radius 3 is 2.49 bits per heavy atom. The number of hydrogen-bond donors (Lipinski definition) is 2. The summed E-state index contributed by atoms with van der Waals surface area (Å²) in [6.45, 7) is 7.40. The summed E-state index contributed by atoms with van der Waals surface area (Å²) in [6.07, 6.45) is -0.522. The Balaban J connectivity index is 1.45. The lowest BCUT2D eigenvalue weighted by atomic mass is 9.92. The van der Waals surface area contributed by atoms with Crippen LogP contribution in [0.15, 0.2) is 59.5 Å². The van der Waals surface area contributed by atoms with Gasteiger partial charge in [0.15, 0.2) is 0 Å². The monoisotopic (exact) mass is 555 g/mol. The molecule has 0 aliphatic carbocycles. The molecule has 1 aromatic heterocycles. The van der Waals surface area contributed by atoms with Crippen molar-refractivity contribution in [3.05, 3.63) is 65.9 Å². The van der Waals surface area contributed by atoms with Crippen LogP contribution in [-0.4, -0.2) is 60.2 Å². The number of aliphatic carboxylic acids is 1. The molecule has 0 saturated carbocycles. The summed E-state index contributed by atoms with van der Waals surface area (Å²) in [4.78, 5) is 30.2. The molecule has 2 heterocycles. The van der Waals surface area contributed by atoms with E-state index in [1.807, 2.05) is 37.3 Å². The second-order valence-electron chi connectivity index (χ2n) is 10.6. The Hall–Kier alpha value is -3.70. The van der Waals surface area contributed by atoms with Gasteiger partial charge in [0.2, 0.25) is 10.0 Å². The van der Waals surface area contributed by atoms with E-state index in [0.717, 1.165) is 22.2 Å². The third kappa shape index (κ3) is 7.04. The van der Waals surface area contributed by atoms with Crippen molar-refractivity contribution in [3.63, 3.8) is 0 Å². The number of carbonyl (C=O) groups excluding carboxylic acids is 1. The van der Waals surface area contributed by atoms with Crippen LogP contribution in [0, 0.1) is 12.8 Å². The molecule has 1 amide bonds. The number of fused-ring (bicyclic) bond motifs is 1. The lowest BCUT2D eigenvalue weighted by Crippen LogP contribution is -2.56. The number of piperidine rings is 1. The number of ether oxygens (including phenoxy) is 2. The van der Waals surface area contributed by atoms with E-state index in [-0.39, 0.29) is 31.0 Å². The fraction of sp³-hybridized carbons (Fsp3) is 0.393. The quantitative estimate of drug-likeness (QED) is 0.445. The number of carboxylic acids is 1. The number of para-hydroxylation sites is 1. The zero-order valence-corrected chi connectivity index (χ0v) is 23.2. The summed E-state index contributed by atoms with van der Waals surface area (Å²) in [5.74, 6) is -1.64. The highest BCUT2D eigenvalue weighted by atomic mass is 32.2. The number of pyridine rings is 1. The van der Waals surface area contributed by atoms with Gasteiger partial charge in [-0.2, -0.15) is 0 Å². The molecular formula is C28H33N3O7S. The first-order valence-electron chi connectivity index (χ1n) is 12.6. The first-order chi connectivity index (χ1) is 18.3. The number of carboxylic acid groups (broad SMARTS) is 1. The number of likely N-dealkylation sites (tertiary alicyclic amines) is 1. The second-order valence-corrected chi connectivity index (χ2v) is 12.3. The van der Waals surface area contributed by atoms with Gasteiger partial charge in [0.05, 0.1) is 22.4 Å². The number of aryl methyl sites for hydroxylation is 1. The summed E-state index contributed by atoms with van der Waals surface area (Å²) in [6, 6.07) is 14.6. The van der Waals surface area contributed by atoms with E-state index >= 15 is 0 Å². The Kier molecular flexibility index (Phi) is 8.12. The number of amides is 1. The number of carbonyl (C=O) groups is 2. The van der Waals surface area contributed by atoms with Crippen LogP contribution in [0.2, 0.25) is 0 Å². The summed E-state index contributed by atoms with van der Waals surface area (Å²) in [5, 5.41) is 10.6. The van der Waals surface area contributed by atoms with Crippen LogP contribution in [-0.2, 0) is 26.2 Å². The lowest BCUT2D eigenvalue weighted by molar-refractivity contribution is -0.144. The van der Waals surface area contributed by atoms with Crippen LogP contribution in [0.3, 0.4) is 0 Å². The number of sulfonamides is 1. The van der Waals surface area contributed by atoms with Gasteiger partial charge in [0.1, 0.15) is 18.0 Å². The fourth-order valence-electron chi connectivity index (χ4n) is 4.52. The molecule has 1 aliphatic rings. The average Bonchev–Trinajstić information content (AvgIpc) is 2.86. The van der Waals surface area contributed by atoms with E-state index in [4.69, 9.17) is 9.47 Å². The minimum Gasteiger partial charge on any atom is -0.489 e. The summed E-state index contributed by atoms with van der Waals surface area (Å²) >= 11 is 0. The molecule has 0 radical (unpaired) electrons. The van der Waals surface area contributed by atoms with Crippen LogP contribution in [0.4, 0.5) is 4.79 Å². The zero-order valence-electron chi connectivity index (χ0n) is 22.4. The molecule has 10 nitrogen and oxygen atoms in total. The fourth-order valence-corrected chi connectivity index (χ4v) is 5.78. The van der Waals surface area contributed by atoms with Crippen molar-refractivity contribution in [1.82, 2.24) is 14.6 Å². The number of nitrogens with zero attached hydrogens (tertiary/aromatic N) is 2. The van der Waals surface area contributed by atoms with Gasteiger partial charge in [-0.05, 0) is 70.5 Å². The van der Waals surface area contributed by atoms with Gasteiger partial charge >= 0.3 is 12.1 Å². The highest BCUT2D eigenvalue weighted by Gasteiger charge is 2.39. The number of hydrogen-bond acceptors (Lipinski definition) is 7. The van der Waals surface area contributed by atoms with Crippen molar-refractivity contribution < 1.29 is 32.6 Å². The van der Waals surface area contributed by atoms with Crippen LogP contribution in [0.25, 0.3) is 10.9 Å². The molecule has 1 saturated heterocycles. The van der Waals surface area contributed by atoms with Gasteiger partial charge in [-0.3, -0.25) is 9.78 Å². The van der Waals surface area contributed by atoms with E-state index in [0.29, 0.717) is 5.75 Å². The molecule has 0 bridgehead atoms. The predicted molar refractivity (Wildman–Crippen MR) is 145 cm³/mol. The van der Waals surface area contributed by atoms with Crippen molar-refractivity contribution in [2.75, 3.05) is 13.1 Å². The summed E-state index contributed by atoms with van der Waals surface area (Å²) in [5.41, 5.74) is 1.97. The van der Waals surface area contributed by atoms with Gasteiger partial charge in [0, 0.05) is 29.7 Å². The molecule has 11 heteroatoms. The largest absolute Gasteiger partial charge is 0.489 e. The third-order valence-corrected chi connectivity index (χ3v) is 7.85. The minimum atomic E-state index is -4.08. The van der Waals surface area contributed by atoms with E-state index in [9.17, 15) is 23.1 Å². The first kappa shape index (κ1) is 28.3. The maximum atomic E-state index is 13.2. The summed E-state index contributed by atoms with van der Waals surface area (Å²) in [7, 11) is -4.08. The molecule has 39 heavy (non-hydrogen) atoms. The Morgan fingerprint density at radius 2 is 1.82 bits per heavy atom. The smallest absolute Gasteiger partial charge is 0.410 e. The van der Waals surface area contributed by atoms with Crippen LogP contribution in [0.5, 0.6) is 5.75 Å². The maximum absolute atomic E-state index is 13.2. The Morgan fingerprint density at radius 1 is 1.13 bits per heavy atom. The zero-order chi connectivity index (χ0) is 28.4. The lowest BCUT2D eigenvalue weighted by Gasteiger charge is -2.37. The standard InChI is InChI=1S/C28H33N3O7S/c1-18-15-19(22-7-5-6-8-24(22)29-18)17-37-20-9-11-21(12-10-20)39(35,36)30-25-16-31(14-13-23(25)26(32)33)27(34)38-28(2,3)4/h5-12,15,23,25,30H,13-14,16-17H2,1-4H3,(H,32,33). The molecule has 4 rings (SSSR count). The molecule has 208 valence electrons. The molecule has 1 aliphatic heterocycles. The van der Waals surface area contributed by atoms with E-state index < -0.39 is 39.6 Å². The highest BCUT2D eigenvalue weighted by Crippen LogP contribution is 2.25. The van der Waals surface area contributed by atoms with Gasteiger partial charge < -0.3 is 19.5 Å². The van der Waals surface area contributed by atoms with Crippen LogP contribution >= 0.6 is 0 Å². The molecule has 1 fully saturated rings. The first-order valence-corrected chi connectivity index (χ1v) is 14.1. The SMILES string of the molecule is Cc1cc(COc2ccc(S(=O)(=O)NC3CN(C(=O)OC(C)(C)C)CCC3C(=O)O)cc2)c2ccccc2n1. The molecular weight excluding hydrogens is 522 g/mol. The van der Waals surface area contributed by atoms with Crippen molar-refractivity contribution in [2.45, 2.75) is 57.3 Å². The number of rotatable bonds is 7. The summed E-state index contributed by atoms with van der Waals surface area (Å²) < 4.78 is 40.1. The normalized spacial score (nSPS) is 18.1. The van der Waals surface area contributed by atoms with Gasteiger partial charge in [-0.25, -0.2) is 17.9 Å². The highest BCUT2D eigenvalue weighted by molar-refractivity contribution is 7.89. The van der Waals surface area contributed by atoms with E-state index in [2.05, 4.69) is 9.71 Å². The van der Waals surface area contributed by atoms with E-state index in [1.54, 1.807) is 32.9 Å². The number of benzene rings is 2. The van der Waals surface area contributed by atoms with Crippen molar-refractivity contribution >= 4 is 33.0 Å². The van der Waals surface area contributed by atoms with Crippen molar-refractivity contribution in [1.29, 1.82) is 0 Å². The molecule has 2 N–H and O–H groups in total. The number of nitrogens with one attached hydrogen (secondary N) is 1. The molecule has 2 aromatic carbocycles. The van der Waals surface area contributed by atoms with Crippen LogP contribution < -0.4 is 9.46 Å². The topological polar surface area (TPSA) is 135 Å². The van der Waals surface area contributed by atoms with Gasteiger partial charge in [-0.1, -0.05) is 18.2 Å². The van der Waals surface area contributed by atoms with Crippen LogP contribution in [0.1, 0.15) is 38.4 Å². The van der Waals surface area contributed by atoms with Gasteiger partial charge in [-0.15, -0.1) is 0 Å². The Bertz CT molecular complexity index is 1470. The van der Waals surface area contributed by atoms with E-state index in [1.165, 1.54) is 17.0 Å². The van der Waals surface area contributed by atoms with Gasteiger partial charge in [0.25, 0.3) is 0 Å². The Labute approximate surface area is 228 Å².